The summed E-state index contributed by atoms with van der Waals surface area (Å²) in [6.45, 7) is 0. The van der Waals surface area contributed by atoms with Gasteiger partial charge in [-0.3, -0.25) is 4.57 Å². The van der Waals surface area contributed by atoms with Gasteiger partial charge in [0.05, 0.1) is 33.1 Å². The molecule has 83 heavy (non-hydrogen) atoms. The van der Waals surface area contributed by atoms with Crippen LogP contribution in [0.15, 0.2) is 291 Å². The maximum absolute atomic E-state index is 5.60. The van der Waals surface area contributed by atoms with Crippen molar-refractivity contribution in [3.8, 4) is 40.1 Å². The standard InChI is InChI=1S/C75H48N6Si2/c1-3-23-51(24-4-1)82(67-40-17-15-38-65(67)79-61-34-11-9-30-57(61)59-32-20-42-69(82)71(59)79)53-46-44-49(45-47-53)73-76-74(78-75(77-73)81-63-36-13-7-28-55(63)56-29-8-14-37-64(56)81)50-22-19-27-54(48-50)83(52-25-5-2-6-26-52)68-41-18-16-39-66(68)80-62-35-12-10-31-58(62)60-33-21-43-70(83)72(60)80/h1-48H. The third-order valence-corrected chi connectivity index (χ3v) is 27.9. The van der Waals surface area contributed by atoms with E-state index in [0.717, 1.165) is 32.9 Å². The van der Waals surface area contributed by atoms with Gasteiger partial charge in [-0.2, -0.15) is 9.97 Å². The number of fused-ring (bicyclic) bond motifs is 13. The lowest BCUT2D eigenvalue weighted by atomic mass is 10.1. The molecule has 6 nitrogen and oxygen atoms in total. The predicted molar refractivity (Wildman–Crippen MR) is 348 cm³/mol. The van der Waals surface area contributed by atoms with Crippen molar-refractivity contribution in [3.05, 3.63) is 291 Å². The molecule has 0 saturated carbocycles. The van der Waals surface area contributed by atoms with E-state index >= 15 is 0 Å². The fourth-order valence-electron chi connectivity index (χ4n) is 15.0. The van der Waals surface area contributed by atoms with Gasteiger partial charge in [0.15, 0.2) is 27.8 Å². The Balaban J connectivity index is 0.876. The molecule has 6 heterocycles. The van der Waals surface area contributed by atoms with Crippen LogP contribution in [-0.2, 0) is 0 Å². The van der Waals surface area contributed by atoms with Crippen molar-refractivity contribution in [2.45, 2.75) is 0 Å². The topological polar surface area (TPSA) is 53.5 Å². The van der Waals surface area contributed by atoms with E-state index in [1.807, 2.05) is 0 Å². The van der Waals surface area contributed by atoms with Gasteiger partial charge in [0.25, 0.3) is 0 Å². The van der Waals surface area contributed by atoms with Crippen LogP contribution in [0.1, 0.15) is 0 Å². The number of benzene rings is 12. The van der Waals surface area contributed by atoms with Crippen LogP contribution in [0.5, 0.6) is 0 Å². The van der Waals surface area contributed by atoms with E-state index in [1.54, 1.807) is 0 Å². The second kappa shape index (κ2) is 17.5. The average molecular weight is 1090 g/mol. The molecule has 16 aromatic rings. The number of nitrogens with zero attached hydrogens (tertiary/aromatic N) is 6. The average Bonchev–Trinajstić information content (AvgIpc) is 1.97. The largest absolute Gasteiger partial charge is 0.309 e. The van der Waals surface area contributed by atoms with Crippen LogP contribution in [0.2, 0.25) is 0 Å². The molecule has 0 spiro atoms. The zero-order chi connectivity index (χ0) is 54.4. The molecule has 2 aliphatic heterocycles. The lowest BCUT2D eigenvalue weighted by Crippen LogP contribution is -2.76. The molecule has 386 valence electrons. The summed E-state index contributed by atoms with van der Waals surface area (Å²) in [6.07, 6.45) is 0. The maximum atomic E-state index is 5.60. The molecule has 4 aromatic heterocycles. The van der Waals surface area contributed by atoms with E-state index in [-0.39, 0.29) is 0 Å². The van der Waals surface area contributed by atoms with E-state index < -0.39 is 16.1 Å². The zero-order valence-electron chi connectivity index (χ0n) is 44.9. The highest BCUT2D eigenvalue weighted by Crippen LogP contribution is 2.38. The number of hydrogen-bond donors (Lipinski definition) is 0. The van der Waals surface area contributed by atoms with E-state index in [4.69, 9.17) is 15.0 Å². The Bertz CT molecular complexity index is 5300. The molecule has 2 atom stereocenters. The number of hydrogen-bond acceptors (Lipinski definition) is 3. The quantitative estimate of drug-likeness (QED) is 0.149. The summed E-state index contributed by atoms with van der Waals surface area (Å²) < 4.78 is 7.27. The lowest BCUT2D eigenvalue weighted by Gasteiger charge is -2.39. The molecule has 0 fully saturated rings. The SMILES string of the molecule is c1ccc([Si]2(c3ccc(-c4nc(-c5cccc([Si]6(c7ccccc7)c7ccccc7-n7c8ccccc8c8cccc6c87)c5)nc(-n5c6ccccc6c6ccccc65)n4)cc3)c3ccccc3-n3c4ccccc4c4cccc2c43)cc1. The summed E-state index contributed by atoms with van der Waals surface area (Å²) in [5, 5.41) is 18.1. The summed E-state index contributed by atoms with van der Waals surface area (Å²) in [6, 6.07) is 108. The monoisotopic (exact) mass is 1090 g/mol. The van der Waals surface area contributed by atoms with Gasteiger partial charge in [0.2, 0.25) is 5.95 Å². The Morgan fingerprint density at radius 1 is 0.241 bits per heavy atom. The first kappa shape index (κ1) is 46.3. The number of aromatic nitrogens is 6. The molecule has 0 bridgehead atoms. The van der Waals surface area contributed by atoms with Gasteiger partial charge in [0.1, 0.15) is 0 Å². The van der Waals surface area contributed by atoms with Crippen LogP contribution in [0.4, 0.5) is 0 Å². The van der Waals surface area contributed by atoms with Crippen molar-refractivity contribution in [2.24, 2.45) is 0 Å². The summed E-state index contributed by atoms with van der Waals surface area (Å²) in [4.78, 5) is 16.7. The van der Waals surface area contributed by atoms with Gasteiger partial charge in [-0.25, -0.2) is 4.98 Å². The van der Waals surface area contributed by atoms with E-state index in [1.165, 1.54) is 96.5 Å². The maximum Gasteiger partial charge on any atom is 0.238 e. The fraction of sp³-hybridized carbons (Fsp3) is 0. The fourth-order valence-corrected chi connectivity index (χ4v) is 25.2. The normalized spacial score (nSPS) is 16.0. The predicted octanol–water partition coefficient (Wildman–Crippen LogP) is 11.9. The molecule has 18 rings (SSSR count). The van der Waals surface area contributed by atoms with Gasteiger partial charge < -0.3 is 9.13 Å². The van der Waals surface area contributed by atoms with Crippen LogP contribution in [0.25, 0.3) is 106 Å². The Morgan fingerprint density at radius 2 is 0.602 bits per heavy atom. The van der Waals surface area contributed by atoms with E-state index in [2.05, 4.69) is 305 Å². The van der Waals surface area contributed by atoms with Crippen molar-refractivity contribution in [2.75, 3.05) is 0 Å². The first-order chi connectivity index (χ1) is 41.2. The third-order valence-electron chi connectivity index (χ3n) is 18.2. The van der Waals surface area contributed by atoms with E-state index in [9.17, 15) is 0 Å². The highest BCUT2D eigenvalue weighted by atomic mass is 28.3. The lowest BCUT2D eigenvalue weighted by molar-refractivity contribution is 0.953. The second-order valence-corrected chi connectivity index (χ2v) is 29.6. The molecule has 0 radical (unpaired) electrons. The van der Waals surface area contributed by atoms with Crippen molar-refractivity contribution in [1.82, 2.24) is 28.7 Å². The molecule has 0 aliphatic carbocycles. The van der Waals surface area contributed by atoms with Crippen molar-refractivity contribution >= 4 is 123 Å². The van der Waals surface area contributed by atoms with Gasteiger partial charge >= 0.3 is 0 Å². The van der Waals surface area contributed by atoms with Crippen molar-refractivity contribution in [1.29, 1.82) is 0 Å². The van der Waals surface area contributed by atoms with Crippen molar-refractivity contribution < 1.29 is 0 Å². The highest BCUT2D eigenvalue weighted by Gasteiger charge is 2.49. The Kier molecular flexibility index (Phi) is 9.75. The summed E-state index contributed by atoms with van der Waals surface area (Å²) in [5.41, 5.74) is 11.4. The molecule has 2 aliphatic rings. The van der Waals surface area contributed by atoms with Crippen LogP contribution < -0.4 is 41.5 Å². The molecule has 8 heteroatoms. The Morgan fingerprint density at radius 3 is 1.12 bits per heavy atom. The van der Waals surface area contributed by atoms with Gasteiger partial charge in [-0.15, -0.1) is 0 Å². The van der Waals surface area contributed by atoms with Gasteiger partial charge in [0, 0.05) is 54.8 Å². The van der Waals surface area contributed by atoms with Crippen LogP contribution in [-0.4, -0.2) is 44.8 Å². The molecular weight excluding hydrogens is 1040 g/mol. The Labute approximate surface area is 480 Å². The molecule has 12 aromatic carbocycles. The molecule has 0 amide bonds. The molecule has 2 unspecified atom stereocenters. The van der Waals surface area contributed by atoms with Crippen LogP contribution in [0.3, 0.4) is 0 Å². The van der Waals surface area contributed by atoms with Gasteiger partial charge in [-0.05, 0) is 77.9 Å². The van der Waals surface area contributed by atoms with Gasteiger partial charge in [-0.1, -0.05) is 255 Å². The molecule has 0 N–H and O–H groups in total. The van der Waals surface area contributed by atoms with Crippen molar-refractivity contribution in [3.63, 3.8) is 0 Å². The minimum atomic E-state index is -3.08. The van der Waals surface area contributed by atoms with E-state index in [0.29, 0.717) is 17.6 Å². The number of para-hydroxylation sites is 8. The summed E-state index contributed by atoms with van der Waals surface area (Å²) >= 11 is 0. The first-order valence-electron chi connectivity index (χ1n) is 28.5. The minimum Gasteiger partial charge on any atom is -0.309 e. The molecule has 0 saturated heterocycles. The van der Waals surface area contributed by atoms with Crippen LogP contribution in [0, 0.1) is 0 Å². The zero-order valence-corrected chi connectivity index (χ0v) is 46.9. The van der Waals surface area contributed by atoms with Crippen LogP contribution >= 0.6 is 0 Å². The molecular formula is C75H48N6Si2. The highest BCUT2D eigenvalue weighted by molar-refractivity contribution is 7.22. The smallest absolute Gasteiger partial charge is 0.238 e. The second-order valence-electron chi connectivity index (χ2n) is 22.2. The third kappa shape index (κ3) is 6.22. The number of rotatable bonds is 7. The Hall–Kier alpha value is -10.5. The minimum absolute atomic E-state index is 0.569. The summed E-state index contributed by atoms with van der Waals surface area (Å²) in [7, 11) is -6.06. The first-order valence-corrected chi connectivity index (χ1v) is 32.5. The summed E-state index contributed by atoms with van der Waals surface area (Å²) in [5.74, 6) is 1.79.